The van der Waals surface area contributed by atoms with Crippen molar-refractivity contribution in [2.24, 2.45) is 0 Å². The zero-order chi connectivity index (χ0) is 18.3. The van der Waals surface area contributed by atoms with Crippen molar-refractivity contribution in [2.45, 2.75) is 19.6 Å². The molecule has 4 rings (SSSR count). The quantitative estimate of drug-likeness (QED) is 0.754. The Morgan fingerprint density at radius 2 is 1.92 bits per heavy atom. The fourth-order valence-corrected chi connectivity index (χ4v) is 3.78. The number of fused-ring (bicyclic) bond motifs is 1. The normalized spacial score (nSPS) is 16.5. The highest BCUT2D eigenvalue weighted by atomic mass is 32.1. The molecule has 6 nitrogen and oxygen atoms in total. The summed E-state index contributed by atoms with van der Waals surface area (Å²) < 4.78 is 38.0. The van der Waals surface area contributed by atoms with E-state index in [9.17, 15) is 13.2 Å². The van der Waals surface area contributed by atoms with Crippen LogP contribution in [0.3, 0.4) is 0 Å². The molecule has 0 spiro atoms. The molecule has 1 saturated heterocycles. The predicted octanol–water partition coefficient (Wildman–Crippen LogP) is 3.06. The van der Waals surface area contributed by atoms with Gasteiger partial charge in [-0.25, -0.2) is 4.98 Å². The Hall–Kier alpha value is -2.20. The van der Waals surface area contributed by atoms with Gasteiger partial charge in [0, 0.05) is 26.2 Å². The highest BCUT2D eigenvalue weighted by Gasteiger charge is 2.36. The van der Waals surface area contributed by atoms with E-state index in [0.717, 1.165) is 29.9 Å². The van der Waals surface area contributed by atoms with Crippen molar-refractivity contribution in [2.75, 3.05) is 31.1 Å². The molecule has 138 valence electrons. The average molecular weight is 382 g/mol. The van der Waals surface area contributed by atoms with Crippen molar-refractivity contribution in [1.82, 2.24) is 25.1 Å². The van der Waals surface area contributed by atoms with E-state index in [1.165, 1.54) is 5.56 Å². The summed E-state index contributed by atoms with van der Waals surface area (Å²) in [6.45, 7) is 5.42. The van der Waals surface area contributed by atoms with Gasteiger partial charge in [-0.3, -0.25) is 4.90 Å². The van der Waals surface area contributed by atoms with Crippen molar-refractivity contribution >= 4 is 27.5 Å². The van der Waals surface area contributed by atoms with Crippen molar-refractivity contribution in [3.8, 4) is 0 Å². The van der Waals surface area contributed by atoms with Crippen LogP contribution in [0.1, 0.15) is 16.4 Å². The lowest BCUT2D eigenvalue weighted by atomic mass is 10.2. The molecule has 0 unspecified atom stereocenters. The molecular weight excluding hydrogens is 365 g/mol. The second kappa shape index (κ2) is 6.51. The smallest absolute Gasteiger partial charge is 0.344 e. The highest BCUT2D eigenvalue weighted by Crippen LogP contribution is 2.34. The number of aromatic amines is 1. The van der Waals surface area contributed by atoms with Crippen LogP contribution in [0, 0.1) is 6.92 Å². The molecule has 0 amide bonds. The third kappa shape index (κ3) is 3.51. The Labute approximate surface area is 151 Å². The van der Waals surface area contributed by atoms with Gasteiger partial charge in [-0.2, -0.15) is 13.2 Å². The van der Waals surface area contributed by atoms with Gasteiger partial charge in [0.25, 0.3) is 0 Å². The number of piperazine rings is 1. The third-order valence-corrected chi connectivity index (χ3v) is 5.39. The molecule has 0 bridgehead atoms. The number of alkyl halides is 3. The first-order valence-electron chi connectivity index (χ1n) is 8.22. The zero-order valence-corrected chi connectivity index (χ0v) is 14.9. The van der Waals surface area contributed by atoms with E-state index < -0.39 is 11.2 Å². The van der Waals surface area contributed by atoms with Gasteiger partial charge in [-0.05, 0) is 24.6 Å². The first kappa shape index (κ1) is 17.2. The number of H-pyrrole nitrogens is 1. The summed E-state index contributed by atoms with van der Waals surface area (Å²) >= 11 is 0.598. The van der Waals surface area contributed by atoms with Crippen LogP contribution in [0.25, 0.3) is 11.0 Å². The van der Waals surface area contributed by atoms with E-state index in [4.69, 9.17) is 0 Å². The molecule has 0 atom stereocenters. The SMILES string of the molecule is Cc1ccc2nc(CN3CCN(c4nnc(C(F)(F)F)s4)CC3)[nH]c2c1. The number of rotatable bonds is 3. The van der Waals surface area contributed by atoms with E-state index in [0.29, 0.717) is 36.1 Å². The van der Waals surface area contributed by atoms with E-state index in [1.54, 1.807) is 0 Å². The van der Waals surface area contributed by atoms with Gasteiger partial charge in [0.15, 0.2) is 0 Å². The average Bonchev–Trinajstić information content (AvgIpc) is 3.21. The number of aromatic nitrogens is 4. The largest absolute Gasteiger partial charge is 0.445 e. The van der Waals surface area contributed by atoms with Gasteiger partial charge >= 0.3 is 6.18 Å². The third-order valence-electron chi connectivity index (χ3n) is 4.36. The summed E-state index contributed by atoms with van der Waals surface area (Å²) in [6, 6.07) is 6.09. The number of nitrogens with one attached hydrogen (secondary N) is 1. The molecule has 0 saturated carbocycles. The Balaban J connectivity index is 1.38. The molecule has 1 aliphatic rings. The summed E-state index contributed by atoms with van der Waals surface area (Å²) in [5, 5.41) is 6.38. The lowest BCUT2D eigenvalue weighted by Crippen LogP contribution is -2.46. The number of anilines is 1. The lowest BCUT2D eigenvalue weighted by Gasteiger charge is -2.33. The van der Waals surface area contributed by atoms with Crippen LogP contribution in [0.5, 0.6) is 0 Å². The molecule has 26 heavy (non-hydrogen) atoms. The summed E-state index contributed by atoms with van der Waals surface area (Å²) in [7, 11) is 0. The molecule has 3 heterocycles. The molecule has 1 N–H and O–H groups in total. The summed E-state index contributed by atoms with van der Waals surface area (Å²) in [6.07, 6.45) is -4.43. The number of nitrogens with zero attached hydrogens (tertiary/aromatic N) is 5. The number of imidazole rings is 1. The number of aryl methyl sites for hydroxylation is 1. The van der Waals surface area contributed by atoms with Crippen molar-refractivity contribution in [3.05, 3.63) is 34.6 Å². The monoisotopic (exact) mass is 382 g/mol. The number of halogens is 3. The second-order valence-electron chi connectivity index (χ2n) is 6.35. The predicted molar refractivity (Wildman–Crippen MR) is 93.2 cm³/mol. The minimum absolute atomic E-state index is 0.330. The van der Waals surface area contributed by atoms with Gasteiger partial charge in [-0.15, -0.1) is 10.2 Å². The summed E-state index contributed by atoms with van der Waals surface area (Å²) in [5.41, 5.74) is 3.14. The standard InChI is InChI=1S/C16H17F3N6S/c1-10-2-3-11-12(8-10)21-13(20-11)9-24-4-6-25(7-5-24)15-23-22-14(26-15)16(17,18)19/h2-3,8H,4-7,9H2,1H3,(H,20,21). The van der Waals surface area contributed by atoms with Crippen molar-refractivity contribution in [3.63, 3.8) is 0 Å². The molecule has 2 aromatic heterocycles. The maximum Gasteiger partial charge on any atom is 0.445 e. The minimum atomic E-state index is -4.43. The number of hydrogen-bond acceptors (Lipinski definition) is 6. The van der Waals surface area contributed by atoms with Crippen LogP contribution >= 0.6 is 11.3 Å². The second-order valence-corrected chi connectivity index (χ2v) is 7.31. The zero-order valence-electron chi connectivity index (χ0n) is 14.0. The van der Waals surface area contributed by atoms with Gasteiger partial charge in [-0.1, -0.05) is 17.4 Å². The fraction of sp³-hybridized carbons (Fsp3) is 0.438. The Bertz CT molecular complexity index is 910. The van der Waals surface area contributed by atoms with Gasteiger partial charge < -0.3 is 9.88 Å². The van der Waals surface area contributed by atoms with E-state index in [1.807, 2.05) is 24.0 Å². The lowest BCUT2D eigenvalue weighted by molar-refractivity contribution is -0.138. The summed E-state index contributed by atoms with van der Waals surface area (Å²) in [5.74, 6) is 0.898. The molecule has 0 radical (unpaired) electrons. The van der Waals surface area contributed by atoms with E-state index in [-0.39, 0.29) is 0 Å². The van der Waals surface area contributed by atoms with Gasteiger partial charge in [0.05, 0.1) is 17.6 Å². The van der Waals surface area contributed by atoms with Crippen LogP contribution in [-0.2, 0) is 12.7 Å². The van der Waals surface area contributed by atoms with Crippen LogP contribution in [-0.4, -0.2) is 51.2 Å². The van der Waals surface area contributed by atoms with Gasteiger partial charge in [0.1, 0.15) is 5.82 Å². The maximum absolute atomic E-state index is 12.7. The van der Waals surface area contributed by atoms with Crippen molar-refractivity contribution in [1.29, 1.82) is 0 Å². The van der Waals surface area contributed by atoms with Crippen molar-refractivity contribution < 1.29 is 13.2 Å². The molecule has 1 aromatic carbocycles. The fourth-order valence-electron chi connectivity index (χ4n) is 3.02. The first-order chi connectivity index (χ1) is 12.4. The molecule has 10 heteroatoms. The molecule has 1 fully saturated rings. The summed E-state index contributed by atoms with van der Waals surface area (Å²) in [4.78, 5) is 12.0. The van der Waals surface area contributed by atoms with E-state index in [2.05, 4.69) is 31.1 Å². The molecule has 0 aliphatic carbocycles. The number of hydrogen-bond donors (Lipinski definition) is 1. The van der Waals surface area contributed by atoms with Crippen LogP contribution in [0.2, 0.25) is 0 Å². The molecule has 3 aromatic rings. The Morgan fingerprint density at radius 1 is 1.15 bits per heavy atom. The first-order valence-corrected chi connectivity index (χ1v) is 9.03. The number of benzene rings is 1. The Kier molecular flexibility index (Phi) is 4.31. The van der Waals surface area contributed by atoms with Crippen LogP contribution < -0.4 is 4.90 Å². The minimum Gasteiger partial charge on any atom is -0.344 e. The van der Waals surface area contributed by atoms with E-state index >= 15 is 0 Å². The highest BCUT2D eigenvalue weighted by molar-refractivity contribution is 7.15. The van der Waals surface area contributed by atoms with Crippen LogP contribution in [0.4, 0.5) is 18.3 Å². The topological polar surface area (TPSA) is 60.9 Å². The maximum atomic E-state index is 12.7. The molecular formula is C16H17F3N6S. The van der Waals surface area contributed by atoms with Crippen LogP contribution in [0.15, 0.2) is 18.2 Å². The molecule has 1 aliphatic heterocycles. The Morgan fingerprint density at radius 3 is 2.62 bits per heavy atom. The van der Waals surface area contributed by atoms with Gasteiger partial charge in [0.2, 0.25) is 10.1 Å².